The third-order valence-electron chi connectivity index (χ3n) is 4.21. The van der Waals surface area contributed by atoms with Gasteiger partial charge < -0.3 is 4.74 Å². The molecular formula is C17H16N2O4S2. The van der Waals surface area contributed by atoms with Crippen LogP contribution < -0.4 is 0 Å². The summed E-state index contributed by atoms with van der Waals surface area (Å²) in [4.78, 5) is 13.7. The van der Waals surface area contributed by atoms with E-state index in [1.54, 1.807) is 6.07 Å². The zero-order valence-corrected chi connectivity index (χ0v) is 15.1. The maximum absolute atomic E-state index is 12.4. The molecule has 1 atom stereocenters. The fraction of sp³-hybridized carbons (Fsp3) is 0.294. The first-order valence-electron chi connectivity index (χ1n) is 7.89. The van der Waals surface area contributed by atoms with Gasteiger partial charge in [0, 0.05) is 5.39 Å². The van der Waals surface area contributed by atoms with Crippen molar-refractivity contribution in [1.29, 1.82) is 0 Å². The first-order chi connectivity index (χ1) is 11.9. The molecule has 1 aliphatic heterocycles. The highest BCUT2D eigenvalue weighted by Gasteiger charge is 2.31. The zero-order chi connectivity index (χ0) is 17.6. The van der Waals surface area contributed by atoms with Gasteiger partial charge in [-0.2, -0.15) is 5.10 Å². The molecule has 0 aliphatic carbocycles. The number of hydrogen-bond acceptors (Lipinski definition) is 6. The number of ether oxygens (including phenoxy) is 1. The first kappa shape index (κ1) is 16.3. The number of carbonyl (C=O) groups excluding carboxylic acids is 1. The molecule has 1 aromatic carbocycles. The lowest BCUT2D eigenvalue weighted by Gasteiger charge is -2.08. The number of rotatable bonds is 3. The number of aromatic nitrogens is 2. The lowest BCUT2D eigenvalue weighted by atomic mass is 10.3. The molecule has 0 unspecified atom stereocenters. The van der Waals surface area contributed by atoms with E-state index >= 15 is 0 Å². The molecule has 0 N–H and O–H groups in total. The van der Waals surface area contributed by atoms with Gasteiger partial charge in [-0.3, -0.25) is 0 Å². The van der Waals surface area contributed by atoms with Crippen LogP contribution in [0, 0.1) is 6.92 Å². The molecule has 1 aliphatic rings. The number of sulfone groups is 1. The Morgan fingerprint density at radius 3 is 2.76 bits per heavy atom. The van der Waals surface area contributed by atoms with E-state index in [0.29, 0.717) is 11.3 Å². The van der Waals surface area contributed by atoms with E-state index in [4.69, 9.17) is 4.74 Å². The van der Waals surface area contributed by atoms with Crippen molar-refractivity contribution in [2.75, 3.05) is 11.5 Å². The van der Waals surface area contributed by atoms with Gasteiger partial charge in [0.1, 0.15) is 15.8 Å². The predicted molar refractivity (Wildman–Crippen MR) is 96.2 cm³/mol. The van der Waals surface area contributed by atoms with Crippen molar-refractivity contribution < 1.29 is 17.9 Å². The second-order valence-electron chi connectivity index (χ2n) is 6.09. The van der Waals surface area contributed by atoms with E-state index in [-0.39, 0.29) is 11.5 Å². The Labute approximate surface area is 149 Å². The van der Waals surface area contributed by atoms with Crippen molar-refractivity contribution in [3.8, 4) is 5.69 Å². The number of fused-ring (bicyclic) bond motifs is 1. The Hall–Kier alpha value is -2.19. The summed E-state index contributed by atoms with van der Waals surface area (Å²) in [5.74, 6) is -0.470. The second-order valence-corrected chi connectivity index (χ2v) is 9.35. The van der Waals surface area contributed by atoms with Gasteiger partial charge in [-0.1, -0.05) is 18.2 Å². The molecule has 1 saturated heterocycles. The minimum Gasteiger partial charge on any atom is -0.457 e. The Kier molecular flexibility index (Phi) is 3.88. The van der Waals surface area contributed by atoms with Crippen LogP contribution in [-0.4, -0.2) is 41.8 Å². The normalized spacial score (nSPS) is 19.3. The summed E-state index contributed by atoms with van der Waals surface area (Å²) in [6, 6.07) is 11.5. The molecule has 0 spiro atoms. The maximum atomic E-state index is 12.4. The van der Waals surface area contributed by atoms with Crippen LogP contribution in [-0.2, 0) is 14.6 Å². The Morgan fingerprint density at radius 1 is 1.32 bits per heavy atom. The van der Waals surface area contributed by atoms with Crippen molar-refractivity contribution in [1.82, 2.24) is 9.78 Å². The van der Waals surface area contributed by atoms with Crippen LogP contribution in [0.4, 0.5) is 0 Å². The average molecular weight is 376 g/mol. The van der Waals surface area contributed by atoms with Gasteiger partial charge in [-0.15, -0.1) is 11.3 Å². The SMILES string of the molecule is Cc1nn(-c2ccccc2)c2sc(C(=O)O[C@@H]3CCS(=O)(=O)C3)cc12. The molecule has 8 heteroatoms. The van der Waals surface area contributed by atoms with Crippen molar-refractivity contribution in [2.45, 2.75) is 19.4 Å². The van der Waals surface area contributed by atoms with Crippen molar-refractivity contribution in [3.63, 3.8) is 0 Å². The summed E-state index contributed by atoms with van der Waals surface area (Å²) >= 11 is 1.31. The van der Waals surface area contributed by atoms with Crippen LogP contribution in [0.3, 0.4) is 0 Å². The monoisotopic (exact) mass is 376 g/mol. The quantitative estimate of drug-likeness (QED) is 0.657. The number of aryl methyl sites for hydroxylation is 1. The Bertz CT molecular complexity index is 1050. The van der Waals surface area contributed by atoms with Gasteiger partial charge in [-0.25, -0.2) is 17.9 Å². The lowest BCUT2D eigenvalue weighted by Crippen LogP contribution is -2.18. The van der Waals surface area contributed by atoms with E-state index in [9.17, 15) is 13.2 Å². The minimum atomic E-state index is -3.07. The number of thiophene rings is 1. The summed E-state index contributed by atoms with van der Waals surface area (Å²) in [6.07, 6.45) is -0.176. The predicted octanol–water partition coefficient (Wildman–Crippen LogP) is 2.74. The van der Waals surface area contributed by atoms with Crippen molar-refractivity contribution in [3.05, 3.63) is 47.0 Å². The summed E-state index contributed by atoms with van der Waals surface area (Å²) in [5.41, 5.74) is 1.75. The fourth-order valence-electron chi connectivity index (χ4n) is 2.96. The number of carbonyl (C=O) groups is 1. The van der Waals surface area contributed by atoms with Crippen molar-refractivity contribution in [2.24, 2.45) is 0 Å². The molecule has 0 bridgehead atoms. The van der Waals surface area contributed by atoms with Crippen LogP contribution >= 0.6 is 11.3 Å². The van der Waals surface area contributed by atoms with Crippen LogP contribution in [0.25, 0.3) is 15.9 Å². The molecule has 0 radical (unpaired) electrons. The van der Waals surface area contributed by atoms with Crippen LogP contribution in [0.1, 0.15) is 21.8 Å². The summed E-state index contributed by atoms with van der Waals surface area (Å²) < 4.78 is 30.2. The highest BCUT2D eigenvalue weighted by molar-refractivity contribution is 7.91. The third kappa shape index (κ3) is 3.07. The number of para-hydroxylation sites is 1. The molecule has 1 fully saturated rings. The molecule has 0 amide bonds. The van der Waals surface area contributed by atoms with Gasteiger partial charge in [0.15, 0.2) is 9.84 Å². The Balaban J connectivity index is 1.64. The minimum absolute atomic E-state index is 0.0828. The molecular weight excluding hydrogens is 360 g/mol. The van der Waals surface area contributed by atoms with Crippen LogP contribution in [0.15, 0.2) is 36.4 Å². The standard InChI is InChI=1S/C17H16N2O4S2/c1-11-14-9-15(17(20)23-13-7-8-25(21,22)10-13)24-16(14)19(18-11)12-5-3-2-4-6-12/h2-6,9,13H,7-8,10H2,1H3/t13-/m1/s1. The number of benzene rings is 1. The zero-order valence-electron chi connectivity index (χ0n) is 13.5. The Morgan fingerprint density at radius 2 is 2.08 bits per heavy atom. The van der Waals surface area contributed by atoms with Gasteiger partial charge in [0.25, 0.3) is 0 Å². The van der Waals surface area contributed by atoms with Gasteiger partial charge >= 0.3 is 5.97 Å². The van der Waals surface area contributed by atoms with E-state index in [0.717, 1.165) is 21.6 Å². The lowest BCUT2D eigenvalue weighted by molar-refractivity contribution is 0.0362. The summed E-state index contributed by atoms with van der Waals surface area (Å²) in [5, 5.41) is 5.44. The molecule has 4 rings (SSSR count). The number of hydrogen-bond donors (Lipinski definition) is 0. The van der Waals surface area contributed by atoms with Gasteiger partial charge in [0.05, 0.1) is 22.9 Å². The van der Waals surface area contributed by atoms with E-state index in [2.05, 4.69) is 5.10 Å². The molecule has 25 heavy (non-hydrogen) atoms. The van der Waals surface area contributed by atoms with Gasteiger partial charge in [-0.05, 0) is 31.5 Å². The first-order valence-corrected chi connectivity index (χ1v) is 10.5. The summed E-state index contributed by atoms with van der Waals surface area (Å²) in [6.45, 7) is 1.90. The van der Waals surface area contributed by atoms with Gasteiger partial charge in [0.2, 0.25) is 0 Å². The molecule has 130 valence electrons. The van der Waals surface area contributed by atoms with Crippen LogP contribution in [0.2, 0.25) is 0 Å². The molecule has 3 aromatic rings. The van der Waals surface area contributed by atoms with Crippen molar-refractivity contribution >= 4 is 37.4 Å². The third-order valence-corrected chi connectivity index (χ3v) is 7.04. The summed E-state index contributed by atoms with van der Waals surface area (Å²) in [7, 11) is -3.07. The maximum Gasteiger partial charge on any atom is 0.348 e. The topological polar surface area (TPSA) is 78.3 Å². The van der Waals surface area contributed by atoms with E-state index in [1.165, 1.54) is 11.3 Å². The highest BCUT2D eigenvalue weighted by atomic mass is 32.2. The second kappa shape index (κ2) is 5.96. The largest absolute Gasteiger partial charge is 0.457 e. The smallest absolute Gasteiger partial charge is 0.348 e. The average Bonchev–Trinajstić information content (AvgIpc) is 3.24. The van der Waals surface area contributed by atoms with Crippen LogP contribution in [0.5, 0.6) is 0 Å². The fourth-order valence-corrected chi connectivity index (χ4v) is 5.61. The number of nitrogens with zero attached hydrogens (tertiary/aromatic N) is 2. The molecule has 6 nitrogen and oxygen atoms in total. The number of esters is 1. The molecule has 0 saturated carbocycles. The molecule has 3 heterocycles. The molecule has 2 aromatic heterocycles. The van der Waals surface area contributed by atoms with E-state index in [1.807, 2.05) is 41.9 Å². The highest BCUT2D eigenvalue weighted by Crippen LogP contribution is 2.31. The van der Waals surface area contributed by atoms with E-state index < -0.39 is 21.9 Å².